The zero-order valence-corrected chi connectivity index (χ0v) is 12.6. The van der Waals surface area contributed by atoms with Crippen molar-refractivity contribution in [3.63, 3.8) is 0 Å². The standard InChI is InChI=1S/C15H32N2/c1-13-6-8-14(9-7-13)12-17(5)11-10-16-15(2,3)4/h13-14,16H,6-12H2,1-5H3. The van der Waals surface area contributed by atoms with Crippen molar-refractivity contribution in [2.75, 3.05) is 26.7 Å². The molecule has 102 valence electrons. The molecule has 0 heterocycles. The van der Waals surface area contributed by atoms with E-state index in [1.165, 1.54) is 38.8 Å². The molecular formula is C15H32N2. The number of nitrogens with one attached hydrogen (secondary N) is 1. The third-order valence-electron chi connectivity index (χ3n) is 3.85. The Balaban J connectivity index is 2.10. The van der Waals surface area contributed by atoms with E-state index >= 15 is 0 Å². The highest BCUT2D eigenvalue weighted by Crippen LogP contribution is 2.28. The van der Waals surface area contributed by atoms with Crippen LogP contribution in [0.25, 0.3) is 0 Å². The molecule has 0 amide bonds. The van der Waals surface area contributed by atoms with E-state index in [0.717, 1.165) is 18.4 Å². The summed E-state index contributed by atoms with van der Waals surface area (Å²) < 4.78 is 0. The highest BCUT2D eigenvalue weighted by Gasteiger charge is 2.19. The van der Waals surface area contributed by atoms with Gasteiger partial charge in [0.15, 0.2) is 0 Å². The van der Waals surface area contributed by atoms with Gasteiger partial charge >= 0.3 is 0 Å². The van der Waals surface area contributed by atoms with Crippen molar-refractivity contribution in [2.24, 2.45) is 11.8 Å². The Morgan fingerprint density at radius 3 is 2.24 bits per heavy atom. The van der Waals surface area contributed by atoms with Gasteiger partial charge in [-0.15, -0.1) is 0 Å². The molecule has 2 nitrogen and oxygen atoms in total. The molecule has 0 aromatic heterocycles. The second-order valence-corrected chi connectivity index (χ2v) is 7.06. The molecule has 0 aliphatic heterocycles. The van der Waals surface area contributed by atoms with Crippen LogP contribution < -0.4 is 5.32 Å². The first-order valence-corrected chi connectivity index (χ1v) is 7.30. The quantitative estimate of drug-likeness (QED) is 0.794. The summed E-state index contributed by atoms with van der Waals surface area (Å²) in [5, 5.41) is 3.56. The lowest BCUT2D eigenvalue weighted by Crippen LogP contribution is -2.41. The summed E-state index contributed by atoms with van der Waals surface area (Å²) in [6.45, 7) is 12.7. The zero-order chi connectivity index (χ0) is 12.9. The van der Waals surface area contributed by atoms with Crippen molar-refractivity contribution >= 4 is 0 Å². The van der Waals surface area contributed by atoms with E-state index in [0.29, 0.717) is 0 Å². The molecule has 17 heavy (non-hydrogen) atoms. The van der Waals surface area contributed by atoms with Crippen LogP contribution in [0, 0.1) is 11.8 Å². The first-order valence-electron chi connectivity index (χ1n) is 7.30. The van der Waals surface area contributed by atoms with Crippen molar-refractivity contribution in [3.8, 4) is 0 Å². The molecule has 1 rings (SSSR count). The highest BCUT2D eigenvalue weighted by molar-refractivity contribution is 4.74. The van der Waals surface area contributed by atoms with E-state index in [1.807, 2.05) is 0 Å². The summed E-state index contributed by atoms with van der Waals surface area (Å²) in [6.07, 6.45) is 5.77. The maximum absolute atomic E-state index is 3.56. The highest BCUT2D eigenvalue weighted by atomic mass is 15.1. The van der Waals surface area contributed by atoms with Gasteiger partial charge in [0.05, 0.1) is 0 Å². The summed E-state index contributed by atoms with van der Waals surface area (Å²) in [7, 11) is 2.27. The van der Waals surface area contributed by atoms with Gasteiger partial charge in [-0.25, -0.2) is 0 Å². The van der Waals surface area contributed by atoms with Gasteiger partial charge < -0.3 is 10.2 Å². The van der Waals surface area contributed by atoms with Crippen molar-refractivity contribution in [2.45, 2.75) is 58.9 Å². The fourth-order valence-corrected chi connectivity index (χ4v) is 2.67. The van der Waals surface area contributed by atoms with Gasteiger partial charge in [0.1, 0.15) is 0 Å². The topological polar surface area (TPSA) is 15.3 Å². The first kappa shape index (κ1) is 15.0. The lowest BCUT2D eigenvalue weighted by Gasteiger charge is -2.30. The van der Waals surface area contributed by atoms with Gasteiger partial charge in [-0.2, -0.15) is 0 Å². The molecule has 1 N–H and O–H groups in total. The minimum absolute atomic E-state index is 0.251. The predicted molar refractivity (Wildman–Crippen MR) is 76.4 cm³/mol. The van der Waals surface area contributed by atoms with Crippen molar-refractivity contribution < 1.29 is 0 Å². The minimum atomic E-state index is 0.251. The Hall–Kier alpha value is -0.0800. The molecule has 1 saturated carbocycles. The summed E-state index contributed by atoms with van der Waals surface area (Å²) >= 11 is 0. The third kappa shape index (κ3) is 7.05. The van der Waals surface area contributed by atoms with E-state index in [-0.39, 0.29) is 5.54 Å². The Morgan fingerprint density at radius 1 is 1.12 bits per heavy atom. The second-order valence-electron chi connectivity index (χ2n) is 7.06. The normalized spacial score (nSPS) is 26.5. The largest absolute Gasteiger partial charge is 0.311 e. The van der Waals surface area contributed by atoms with Gasteiger partial charge in [-0.1, -0.05) is 19.8 Å². The molecule has 2 heteroatoms. The van der Waals surface area contributed by atoms with E-state index in [1.54, 1.807) is 0 Å². The fourth-order valence-electron chi connectivity index (χ4n) is 2.67. The lowest BCUT2D eigenvalue weighted by molar-refractivity contribution is 0.206. The van der Waals surface area contributed by atoms with Crippen LogP contribution in [-0.2, 0) is 0 Å². The monoisotopic (exact) mass is 240 g/mol. The molecule has 1 aliphatic carbocycles. The Bertz CT molecular complexity index is 199. The Morgan fingerprint density at radius 2 is 1.71 bits per heavy atom. The average molecular weight is 240 g/mol. The summed E-state index contributed by atoms with van der Waals surface area (Å²) in [4.78, 5) is 2.50. The van der Waals surface area contributed by atoms with Crippen LogP contribution >= 0.6 is 0 Å². The molecule has 1 aliphatic rings. The van der Waals surface area contributed by atoms with Gasteiger partial charge in [0, 0.05) is 25.2 Å². The van der Waals surface area contributed by atoms with Crippen LogP contribution in [0.15, 0.2) is 0 Å². The molecule has 0 saturated heterocycles. The predicted octanol–water partition coefficient (Wildman–Crippen LogP) is 3.13. The van der Waals surface area contributed by atoms with Crippen LogP contribution in [0.4, 0.5) is 0 Å². The van der Waals surface area contributed by atoms with Gasteiger partial charge in [0.25, 0.3) is 0 Å². The number of hydrogen-bond donors (Lipinski definition) is 1. The van der Waals surface area contributed by atoms with E-state index in [9.17, 15) is 0 Å². The molecule has 0 unspecified atom stereocenters. The fraction of sp³-hybridized carbons (Fsp3) is 1.00. The molecule has 0 spiro atoms. The van der Waals surface area contributed by atoms with Gasteiger partial charge in [-0.3, -0.25) is 0 Å². The number of rotatable bonds is 5. The minimum Gasteiger partial charge on any atom is -0.311 e. The zero-order valence-electron chi connectivity index (χ0n) is 12.6. The van der Waals surface area contributed by atoms with Crippen LogP contribution in [0.5, 0.6) is 0 Å². The molecular weight excluding hydrogens is 208 g/mol. The molecule has 1 fully saturated rings. The van der Waals surface area contributed by atoms with Crippen LogP contribution in [0.1, 0.15) is 53.4 Å². The second kappa shape index (κ2) is 6.75. The summed E-state index contributed by atoms with van der Waals surface area (Å²) in [6, 6.07) is 0. The summed E-state index contributed by atoms with van der Waals surface area (Å²) in [5.41, 5.74) is 0.251. The van der Waals surface area contributed by atoms with Crippen LogP contribution in [0.3, 0.4) is 0 Å². The third-order valence-corrected chi connectivity index (χ3v) is 3.85. The Kier molecular flexibility index (Phi) is 5.94. The molecule has 0 aromatic rings. The van der Waals surface area contributed by atoms with E-state index in [4.69, 9.17) is 0 Å². The number of nitrogens with zero attached hydrogens (tertiary/aromatic N) is 1. The van der Waals surface area contributed by atoms with Crippen molar-refractivity contribution in [3.05, 3.63) is 0 Å². The average Bonchev–Trinajstić information content (AvgIpc) is 2.19. The van der Waals surface area contributed by atoms with Crippen molar-refractivity contribution in [1.29, 1.82) is 0 Å². The SMILES string of the molecule is CC1CCC(CN(C)CCNC(C)(C)C)CC1. The van der Waals surface area contributed by atoms with Crippen LogP contribution in [-0.4, -0.2) is 37.1 Å². The molecule has 0 radical (unpaired) electrons. The van der Waals surface area contributed by atoms with Gasteiger partial charge in [0.2, 0.25) is 0 Å². The summed E-state index contributed by atoms with van der Waals surface area (Å²) in [5.74, 6) is 1.92. The smallest absolute Gasteiger partial charge is 0.0104 e. The maximum Gasteiger partial charge on any atom is 0.0104 e. The van der Waals surface area contributed by atoms with Crippen LogP contribution in [0.2, 0.25) is 0 Å². The number of likely N-dealkylation sites (N-methyl/N-ethyl adjacent to an activating group) is 1. The van der Waals surface area contributed by atoms with Gasteiger partial charge in [-0.05, 0) is 52.5 Å². The first-order chi connectivity index (χ1) is 7.87. The molecule has 0 atom stereocenters. The lowest BCUT2D eigenvalue weighted by atomic mass is 9.83. The molecule has 0 bridgehead atoms. The Labute approximate surface area is 108 Å². The van der Waals surface area contributed by atoms with Crippen molar-refractivity contribution in [1.82, 2.24) is 10.2 Å². The maximum atomic E-state index is 3.56. The number of hydrogen-bond acceptors (Lipinski definition) is 2. The van der Waals surface area contributed by atoms with E-state index in [2.05, 4.69) is 45.0 Å². The molecule has 0 aromatic carbocycles. The van der Waals surface area contributed by atoms with E-state index < -0.39 is 0 Å².